The molecule has 2 N–H and O–H groups in total. The lowest BCUT2D eigenvalue weighted by Crippen LogP contribution is -2.40. The van der Waals surface area contributed by atoms with Crippen LogP contribution in [0.1, 0.15) is 35.0 Å². The fourth-order valence-electron chi connectivity index (χ4n) is 1.78. The number of pyridine rings is 1. The van der Waals surface area contributed by atoms with E-state index in [2.05, 4.69) is 10.3 Å². The Morgan fingerprint density at radius 1 is 1.40 bits per heavy atom. The van der Waals surface area contributed by atoms with Gasteiger partial charge >= 0.3 is 0 Å². The van der Waals surface area contributed by atoms with E-state index < -0.39 is 5.56 Å². The Bertz CT molecular complexity index is 578. The molecule has 0 aliphatic heterocycles. The van der Waals surface area contributed by atoms with Crippen LogP contribution in [0.2, 0.25) is 0 Å². The predicted molar refractivity (Wildman–Crippen MR) is 76.8 cm³/mol. The average Bonchev–Trinajstić information content (AvgIpc) is 2.40. The number of hydrogen-bond donors (Lipinski definition) is 2. The minimum absolute atomic E-state index is 0.0966. The van der Waals surface area contributed by atoms with Crippen molar-refractivity contribution in [1.29, 1.82) is 0 Å². The van der Waals surface area contributed by atoms with E-state index in [0.717, 1.165) is 11.3 Å². The number of rotatable bonds is 4. The molecule has 1 aromatic rings. The van der Waals surface area contributed by atoms with Crippen molar-refractivity contribution < 1.29 is 9.59 Å². The van der Waals surface area contributed by atoms with Gasteiger partial charge < -0.3 is 15.2 Å². The van der Waals surface area contributed by atoms with Crippen molar-refractivity contribution in [3.8, 4) is 0 Å². The molecular formula is C14H21N3O3. The second-order valence-electron chi connectivity index (χ2n) is 4.96. The molecular weight excluding hydrogens is 258 g/mol. The Balaban J connectivity index is 2.97. The molecule has 6 nitrogen and oxygen atoms in total. The minimum Gasteiger partial charge on any atom is -0.359 e. The maximum atomic E-state index is 12.3. The number of hydrogen-bond acceptors (Lipinski definition) is 3. The predicted octanol–water partition coefficient (Wildman–Crippen LogP) is 0.588. The van der Waals surface area contributed by atoms with Crippen molar-refractivity contribution in [2.75, 3.05) is 14.1 Å². The number of carbonyl (C=O) groups is 2. The van der Waals surface area contributed by atoms with Crippen molar-refractivity contribution >= 4 is 11.8 Å². The molecule has 1 aromatic heterocycles. The van der Waals surface area contributed by atoms with Crippen molar-refractivity contribution in [1.82, 2.24) is 15.2 Å². The maximum Gasteiger partial charge on any atom is 0.261 e. The Kier molecular flexibility index (Phi) is 5.07. The van der Waals surface area contributed by atoms with E-state index in [1.165, 1.54) is 4.90 Å². The summed E-state index contributed by atoms with van der Waals surface area (Å²) < 4.78 is 0. The lowest BCUT2D eigenvalue weighted by molar-refractivity contribution is -0.121. The highest BCUT2D eigenvalue weighted by molar-refractivity contribution is 5.94. The molecule has 0 fully saturated rings. The smallest absolute Gasteiger partial charge is 0.261 e. The first-order valence-electron chi connectivity index (χ1n) is 6.46. The van der Waals surface area contributed by atoms with Gasteiger partial charge in [0.05, 0.1) is 0 Å². The van der Waals surface area contributed by atoms with Gasteiger partial charge in [0.1, 0.15) is 5.56 Å². The third kappa shape index (κ3) is 3.46. The molecule has 2 amide bonds. The zero-order chi connectivity index (χ0) is 15.4. The molecule has 110 valence electrons. The number of nitrogens with zero attached hydrogens (tertiary/aromatic N) is 1. The van der Waals surface area contributed by atoms with Crippen molar-refractivity contribution in [2.24, 2.45) is 0 Å². The molecule has 0 unspecified atom stereocenters. The van der Waals surface area contributed by atoms with Gasteiger partial charge in [-0.25, -0.2) is 0 Å². The highest BCUT2D eigenvalue weighted by atomic mass is 16.2. The SMILES string of the molecule is CNC(=O)C[C@@H](C)N(C)C(=O)c1cc(C)c(C)[nH]c1=O. The van der Waals surface area contributed by atoms with Crippen LogP contribution in [-0.4, -0.2) is 41.8 Å². The van der Waals surface area contributed by atoms with E-state index in [-0.39, 0.29) is 29.8 Å². The van der Waals surface area contributed by atoms with Gasteiger partial charge in [-0.3, -0.25) is 14.4 Å². The van der Waals surface area contributed by atoms with Gasteiger partial charge in [0.15, 0.2) is 0 Å². The molecule has 0 aromatic carbocycles. The summed E-state index contributed by atoms with van der Waals surface area (Å²) in [5.41, 5.74) is 1.28. The van der Waals surface area contributed by atoms with E-state index in [1.54, 1.807) is 34.0 Å². The first-order chi connectivity index (χ1) is 9.27. The van der Waals surface area contributed by atoms with Gasteiger partial charge in [-0.2, -0.15) is 0 Å². The number of aromatic amines is 1. The summed E-state index contributed by atoms with van der Waals surface area (Å²) in [4.78, 5) is 39.6. The van der Waals surface area contributed by atoms with Crippen LogP contribution in [0.3, 0.4) is 0 Å². The van der Waals surface area contributed by atoms with E-state index in [9.17, 15) is 14.4 Å². The molecule has 1 rings (SSSR count). The van der Waals surface area contributed by atoms with E-state index in [1.807, 2.05) is 6.92 Å². The normalized spacial score (nSPS) is 11.8. The van der Waals surface area contributed by atoms with Crippen LogP contribution in [0.5, 0.6) is 0 Å². The van der Waals surface area contributed by atoms with Crippen molar-refractivity contribution in [3.05, 3.63) is 33.2 Å². The number of aromatic nitrogens is 1. The molecule has 0 bridgehead atoms. The van der Waals surface area contributed by atoms with Gasteiger partial charge in [0.25, 0.3) is 11.5 Å². The largest absolute Gasteiger partial charge is 0.359 e. The molecule has 0 saturated heterocycles. The van der Waals surface area contributed by atoms with Gasteiger partial charge in [-0.15, -0.1) is 0 Å². The molecule has 1 heterocycles. The van der Waals surface area contributed by atoms with Crippen LogP contribution in [0.25, 0.3) is 0 Å². The number of carbonyl (C=O) groups excluding carboxylic acids is 2. The molecule has 0 aliphatic carbocycles. The summed E-state index contributed by atoms with van der Waals surface area (Å²) in [6, 6.07) is 1.29. The highest BCUT2D eigenvalue weighted by Crippen LogP contribution is 2.09. The topological polar surface area (TPSA) is 82.3 Å². The monoisotopic (exact) mass is 279 g/mol. The van der Waals surface area contributed by atoms with Gasteiger partial charge in [0, 0.05) is 32.3 Å². The summed E-state index contributed by atoms with van der Waals surface area (Å²) in [6.45, 7) is 5.38. The standard InChI is InChI=1S/C14H21N3O3/c1-8-6-11(13(19)16-10(8)3)14(20)17(5)9(2)7-12(18)15-4/h6,9H,7H2,1-5H3,(H,15,18)(H,16,19)/t9-/m1/s1. The number of H-pyrrole nitrogens is 1. The van der Waals surface area contributed by atoms with Crippen LogP contribution in [0.4, 0.5) is 0 Å². The van der Waals surface area contributed by atoms with Gasteiger partial charge in [-0.1, -0.05) is 0 Å². The van der Waals surface area contributed by atoms with Gasteiger partial charge in [-0.05, 0) is 32.4 Å². The highest BCUT2D eigenvalue weighted by Gasteiger charge is 2.22. The second-order valence-corrected chi connectivity index (χ2v) is 4.96. The quantitative estimate of drug-likeness (QED) is 0.846. The number of amides is 2. The summed E-state index contributed by atoms with van der Waals surface area (Å²) in [6.07, 6.45) is 0.196. The molecule has 0 radical (unpaired) electrons. The third-order valence-corrected chi connectivity index (χ3v) is 3.47. The van der Waals surface area contributed by atoms with E-state index in [0.29, 0.717) is 0 Å². The summed E-state index contributed by atoms with van der Waals surface area (Å²) in [5.74, 6) is -0.531. The third-order valence-electron chi connectivity index (χ3n) is 3.47. The first-order valence-corrected chi connectivity index (χ1v) is 6.46. The van der Waals surface area contributed by atoms with E-state index in [4.69, 9.17) is 0 Å². The lowest BCUT2D eigenvalue weighted by atomic mass is 10.1. The molecule has 0 aliphatic rings. The Morgan fingerprint density at radius 3 is 2.55 bits per heavy atom. The molecule has 6 heteroatoms. The fraction of sp³-hybridized carbons (Fsp3) is 0.500. The molecule has 1 atom stereocenters. The molecule has 0 saturated carbocycles. The van der Waals surface area contributed by atoms with Gasteiger partial charge in [0.2, 0.25) is 5.91 Å². The first kappa shape index (κ1) is 15.9. The number of aryl methyl sites for hydroxylation is 2. The lowest BCUT2D eigenvalue weighted by Gasteiger charge is -2.24. The van der Waals surface area contributed by atoms with Crippen LogP contribution < -0.4 is 10.9 Å². The fourth-order valence-corrected chi connectivity index (χ4v) is 1.78. The maximum absolute atomic E-state index is 12.3. The minimum atomic E-state index is -0.405. The zero-order valence-electron chi connectivity index (χ0n) is 12.5. The van der Waals surface area contributed by atoms with Crippen molar-refractivity contribution in [2.45, 2.75) is 33.2 Å². The van der Waals surface area contributed by atoms with Crippen LogP contribution in [-0.2, 0) is 4.79 Å². The Hall–Kier alpha value is -2.11. The molecule has 20 heavy (non-hydrogen) atoms. The average molecular weight is 279 g/mol. The Morgan fingerprint density at radius 2 is 2.00 bits per heavy atom. The second kappa shape index (κ2) is 6.36. The molecule has 0 spiro atoms. The van der Waals surface area contributed by atoms with Crippen LogP contribution in [0, 0.1) is 13.8 Å². The van der Waals surface area contributed by atoms with Crippen LogP contribution in [0.15, 0.2) is 10.9 Å². The van der Waals surface area contributed by atoms with E-state index >= 15 is 0 Å². The summed E-state index contributed by atoms with van der Waals surface area (Å²) >= 11 is 0. The summed E-state index contributed by atoms with van der Waals surface area (Å²) in [5, 5.41) is 2.51. The zero-order valence-corrected chi connectivity index (χ0v) is 12.5. The number of nitrogens with one attached hydrogen (secondary N) is 2. The summed E-state index contributed by atoms with van der Waals surface area (Å²) in [7, 11) is 3.13. The Labute approximate surface area is 118 Å². The van der Waals surface area contributed by atoms with Crippen LogP contribution >= 0.6 is 0 Å². The van der Waals surface area contributed by atoms with Crippen molar-refractivity contribution in [3.63, 3.8) is 0 Å².